The molecular weight excluding hydrogens is 184 g/mol. The van der Waals surface area contributed by atoms with Crippen LogP contribution in [-0.4, -0.2) is 11.1 Å². The third-order valence-electron chi connectivity index (χ3n) is 2.74. The van der Waals surface area contributed by atoms with Gasteiger partial charge in [-0.1, -0.05) is 13.3 Å². The number of unbranched alkanes of at least 4 members (excludes halogenated alkanes) is 1. The van der Waals surface area contributed by atoms with Crippen molar-refractivity contribution in [3.63, 3.8) is 0 Å². The zero-order valence-corrected chi connectivity index (χ0v) is 9.46. The molecule has 1 heterocycles. The van der Waals surface area contributed by atoms with Crippen molar-refractivity contribution in [2.75, 3.05) is 11.9 Å². The largest absolute Gasteiger partial charge is 0.385 e. The minimum atomic E-state index is 1.06. The summed E-state index contributed by atoms with van der Waals surface area (Å²) in [5, 5.41) is 4.74. The van der Waals surface area contributed by atoms with Crippen LogP contribution in [0.1, 0.15) is 19.8 Å². The summed E-state index contributed by atoms with van der Waals surface area (Å²) in [6, 6.07) is 8.69. The predicted octanol–water partition coefficient (Wildman–Crippen LogP) is 3.39. The molecule has 1 aromatic heterocycles. The maximum Gasteiger partial charge on any atom is 0.0479 e. The van der Waals surface area contributed by atoms with Gasteiger partial charge in [-0.25, -0.2) is 0 Å². The molecule has 80 valence electrons. The van der Waals surface area contributed by atoms with Crippen molar-refractivity contribution in [2.45, 2.75) is 19.8 Å². The van der Waals surface area contributed by atoms with Gasteiger partial charge in [-0.3, -0.25) is 0 Å². The second-order valence-corrected chi connectivity index (χ2v) is 3.98. The van der Waals surface area contributed by atoms with Gasteiger partial charge in [0.25, 0.3) is 0 Å². The van der Waals surface area contributed by atoms with Crippen molar-refractivity contribution in [2.24, 2.45) is 7.05 Å². The molecule has 2 rings (SSSR count). The Hall–Kier alpha value is -1.44. The van der Waals surface area contributed by atoms with Gasteiger partial charge in [-0.2, -0.15) is 0 Å². The first-order valence-corrected chi connectivity index (χ1v) is 5.60. The molecule has 15 heavy (non-hydrogen) atoms. The molecule has 0 atom stereocenters. The van der Waals surface area contributed by atoms with E-state index in [-0.39, 0.29) is 0 Å². The topological polar surface area (TPSA) is 17.0 Å². The molecule has 0 amide bonds. The van der Waals surface area contributed by atoms with Crippen LogP contribution in [0.2, 0.25) is 0 Å². The average molecular weight is 202 g/mol. The van der Waals surface area contributed by atoms with Gasteiger partial charge >= 0.3 is 0 Å². The van der Waals surface area contributed by atoms with E-state index in [1.807, 2.05) is 0 Å². The van der Waals surface area contributed by atoms with Crippen LogP contribution < -0.4 is 5.32 Å². The van der Waals surface area contributed by atoms with Gasteiger partial charge in [-0.15, -0.1) is 0 Å². The first kappa shape index (κ1) is 10.1. The second-order valence-electron chi connectivity index (χ2n) is 3.98. The maximum atomic E-state index is 3.44. The molecule has 0 bridgehead atoms. The molecule has 2 heteroatoms. The Kier molecular flexibility index (Phi) is 2.95. The van der Waals surface area contributed by atoms with E-state index in [9.17, 15) is 0 Å². The molecule has 1 aromatic carbocycles. The van der Waals surface area contributed by atoms with Gasteiger partial charge in [0.05, 0.1) is 0 Å². The number of anilines is 1. The lowest BCUT2D eigenvalue weighted by molar-refractivity contribution is 0.834. The van der Waals surface area contributed by atoms with Crippen LogP contribution in [-0.2, 0) is 7.05 Å². The molecule has 0 saturated carbocycles. The monoisotopic (exact) mass is 202 g/mol. The van der Waals surface area contributed by atoms with Gasteiger partial charge in [0, 0.05) is 36.4 Å². The Morgan fingerprint density at radius 2 is 2.13 bits per heavy atom. The van der Waals surface area contributed by atoms with Gasteiger partial charge in [0.15, 0.2) is 0 Å². The SMILES string of the molecule is CCCCNc1ccc2c(ccn2C)c1. The Morgan fingerprint density at radius 1 is 1.27 bits per heavy atom. The van der Waals surface area contributed by atoms with Crippen LogP contribution in [0, 0.1) is 0 Å². The van der Waals surface area contributed by atoms with Crippen LogP contribution in [0.3, 0.4) is 0 Å². The number of aromatic nitrogens is 1. The normalized spacial score (nSPS) is 10.8. The van der Waals surface area contributed by atoms with E-state index in [0.717, 1.165) is 6.54 Å². The minimum absolute atomic E-state index is 1.06. The lowest BCUT2D eigenvalue weighted by Gasteiger charge is -2.05. The van der Waals surface area contributed by atoms with Gasteiger partial charge in [0.1, 0.15) is 0 Å². The third kappa shape index (κ3) is 2.14. The highest BCUT2D eigenvalue weighted by Gasteiger charge is 1.98. The molecule has 0 aliphatic carbocycles. The van der Waals surface area contributed by atoms with Crippen molar-refractivity contribution in [1.29, 1.82) is 0 Å². The van der Waals surface area contributed by atoms with Gasteiger partial charge in [-0.05, 0) is 30.7 Å². The average Bonchev–Trinajstić information content (AvgIpc) is 2.61. The van der Waals surface area contributed by atoms with E-state index < -0.39 is 0 Å². The van der Waals surface area contributed by atoms with E-state index >= 15 is 0 Å². The Morgan fingerprint density at radius 3 is 2.93 bits per heavy atom. The quantitative estimate of drug-likeness (QED) is 0.752. The van der Waals surface area contributed by atoms with Crippen LogP contribution in [0.5, 0.6) is 0 Å². The van der Waals surface area contributed by atoms with Crippen molar-refractivity contribution in [3.8, 4) is 0 Å². The fourth-order valence-corrected chi connectivity index (χ4v) is 1.80. The van der Waals surface area contributed by atoms with Crippen molar-refractivity contribution in [1.82, 2.24) is 4.57 Å². The van der Waals surface area contributed by atoms with Crippen molar-refractivity contribution >= 4 is 16.6 Å². The summed E-state index contributed by atoms with van der Waals surface area (Å²) in [5.74, 6) is 0. The van der Waals surface area contributed by atoms with E-state index in [2.05, 4.69) is 54.3 Å². The molecule has 0 unspecified atom stereocenters. The molecule has 0 fully saturated rings. The van der Waals surface area contributed by atoms with E-state index in [4.69, 9.17) is 0 Å². The summed E-state index contributed by atoms with van der Waals surface area (Å²) in [7, 11) is 2.08. The Bertz CT molecular complexity index is 443. The fraction of sp³-hybridized carbons (Fsp3) is 0.385. The molecule has 0 radical (unpaired) electrons. The molecular formula is C13H18N2. The zero-order valence-electron chi connectivity index (χ0n) is 9.46. The molecule has 0 saturated heterocycles. The summed E-state index contributed by atoms with van der Waals surface area (Å²) in [4.78, 5) is 0. The van der Waals surface area contributed by atoms with Crippen molar-refractivity contribution < 1.29 is 0 Å². The highest BCUT2D eigenvalue weighted by Crippen LogP contribution is 2.19. The Labute approximate surface area is 90.9 Å². The lowest BCUT2D eigenvalue weighted by atomic mass is 10.2. The molecule has 0 spiro atoms. The standard InChI is InChI=1S/C13H18N2/c1-3-4-8-14-12-5-6-13-11(10-12)7-9-15(13)2/h5-7,9-10,14H,3-4,8H2,1-2H3. The number of aryl methyl sites for hydroxylation is 1. The van der Waals surface area contributed by atoms with Crippen LogP contribution in [0.15, 0.2) is 30.5 Å². The van der Waals surface area contributed by atoms with Crippen LogP contribution in [0.25, 0.3) is 10.9 Å². The summed E-state index contributed by atoms with van der Waals surface area (Å²) in [6.45, 7) is 3.27. The van der Waals surface area contributed by atoms with Crippen molar-refractivity contribution in [3.05, 3.63) is 30.5 Å². The third-order valence-corrected chi connectivity index (χ3v) is 2.74. The molecule has 2 nitrogen and oxygen atoms in total. The lowest BCUT2D eigenvalue weighted by Crippen LogP contribution is -2.00. The zero-order chi connectivity index (χ0) is 10.7. The number of nitrogens with one attached hydrogen (secondary N) is 1. The first-order chi connectivity index (χ1) is 7.31. The number of hydrogen-bond acceptors (Lipinski definition) is 1. The summed E-state index contributed by atoms with van der Waals surface area (Å²) >= 11 is 0. The molecule has 2 aromatic rings. The predicted molar refractivity (Wildman–Crippen MR) is 66.3 cm³/mol. The van der Waals surface area contributed by atoms with E-state index in [1.54, 1.807) is 0 Å². The number of rotatable bonds is 4. The van der Waals surface area contributed by atoms with Gasteiger partial charge in [0.2, 0.25) is 0 Å². The summed E-state index contributed by atoms with van der Waals surface area (Å²) in [5.41, 5.74) is 2.51. The van der Waals surface area contributed by atoms with Crippen LogP contribution in [0.4, 0.5) is 5.69 Å². The van der Waals surface area contributed by atoms with E-state index in [1.165, 1.54) is 29.4 Å². The number of hydrogen-bond donors (Lipinski definition) is 1. The first-order valence-electron chi connectivity index (χ1n) is 5.60. The highest BCUT2D eigenvalue weighted by molar-refractivity contribution is 5.83. The summed E-state index contributed by atoms with van der Waals surface area (Å²) in [6.07, 6.45) is 4.56. The van der Waals surface area contributed by atoms with Crippen LogP contribution >= 0.6 is 0 Å². The molecule has 0 aliphatic heterocycles. The molecule has 1 N–H and O–H groups in total. The van der Waals surface area contributed by atoms with Gasteiger partial charge < -0.3 is 9.88 Å². The van der Waals surface area contributed by atoms with E-state index in [0.29, 0.717) is 0 Å². The fourth-order valence-electron chi connectivity index (χ4n) is 1.80. The number of benzene rings is 1. The number of fused-ring (bicyclic) bond motifs is 1. The highest BCUT2D eigenvalue weighted by atomic mass is 14.9. The summed E-state index contributed by atoms with van der Waals surface area (Å²) < 4.78 is 2.14. The number of nitrogens with zero attached hydrogens (tertiary/aromatic N) is 1. The smallest absolute Gasteiger partial charge is 0.0479 e. The maximum absolute atomic E-state index is 3.44. The Balaban J connectivity index is 2.16. The second kappa shape index (κ2) is 4.39. The minimum Gasteiger partial charge on any atom is -0.385 e. The molecule has 0 aliphatic rings.